The van der Waals surface area contributed by atoms with Crippen LogP contribution in [0.1, 0.15) is 137 Å². The fourth-order valence-electron chi connectivity index (χ4n) is 13.8. The van der Waals surface area contributed by atoms with Crippen molar-refractivity contribution < 1.29 is 29.6 Å². The van der Waals surface area contributed by atoms with E-state index in [-0.39, 0.29) is 41.2 Å². The van der Waals surface area contributed by atoms with Crippen LogP contribution in [0.3, 0.4) is 0 Å². The molecular weight excluding hydrogens is 652 g/mol. The summed E-state index contributed by atoms with van der Waals surface area (Å²) in [6.45, 7) is 12.3. The van der Waals surface area contributed by atoms with Gasteiger partial charge < -0.3 is 35.8 Å². The molecule has 290 valence electrons. The van der Waals surface area contributed by atoms with Crippen LogP contribution in [0.2, 0.25) is 0 Å². The molecule has 3 aliphatic heterocycles. The summed E-state index contributed by atoms with van der Waals surface area (Å²) in [6.07, 6.45) is 20.0. The molecule has 3 heterocycles. The Morgan fingerprint density at radius 1 is 1.00 bits per heavy atom. The van der Waals surface area contributed by atoms with Crippen LogP contribution in [-0.4, -0.2) is 69.4 Å². The molecule has 5 aliphatic carbocycles. The van der Waals surface area contributed by atoms with Crippen LogP contribution in [0.25, 0.3) is 0 Å². The molecule has 6 N–H and O–H groups in total. The highest BCUT2D eigenvalue weighted by molar-refractivity contribution is 5.95. The van der Waals surface area contributed by atoms with Crippen molar-refractivity contribution in [3.8, 4) is 0 Å². The third kappa shape index (κ3) is 5.49. The number of aliphatic hydroxyl groups is 3. The summed E-state index contributed by atoms with van der Waals surface area (Å²) in [5.74, 6) is 1.82. The lowest BCUT2D eigenvalue weighted by Crippen LogP contribution is -2.64. The summed E-state index contributed by atoms with van der Waals surface area (Å²) in [5.41, 5.74) is 4.34. The molecule has 0 aromatic rings. The van der Waals surface area contributed by atoms with E-state index in [4.69, 9.17) is 15.2 Å². The quantitative estimate of drug-likeness (QED) is 0.177. The molecule has 8 nitrogen and oxygen atoms in total. The molecule has 6 fully saturated rings. The highest BCUT2D eigenvalue weighted by Gasteiger charge is 2.75. The van der Waals surface area contributed by atoms with Crippen molar-refractivity contribution in [2.24, 2.45) is 51.6 Å². The lowest BCUT2D eigenvalue weighted by atomic mass is 9.41. The van der Waals surface area contributed by atoms with Gasteiger partial charge in [0.1, 0.15) is 17.8 Å². The van der Waals surface area contributed by atoms with Gasteiger partial charge in [-0.05, 0) is 148 Å². The van der Waals surface area contributed by atoms with Gasteiger partial charge in [-0.2, -0.15) is 0 Å². The fourth-order valence-corrected chi connectivity index (χ4v) is 13.8. The average Bonchev–Trinajstić information content (AvgIpc) is 3.88. The number of carbonyl (C=O) groups is 1. The number of hydrogen-bond acceptors (Lipinski definition) is 8. The molecule has 52 heavy (non-hydrogen) atoms. The summed E-state index contributed by atoms with van der Waals surface area (Å²) in [7, 11) is 0. The SMILES string of the molecule is C[C@@H]1CCO[C@]([C@H]2CC[C@@]3(O)C4=CC(=O)[C@@H]5C[C@@H](O)CC[C@]5(C5CCCCC5)[C@H]4CC[C@]23C)([C@H]2O[C@@H]2[C@](C)(O)C(C)(C)CCC2=CCNC(N)=C2)C1. The molecule has 0 spiro atoms. The number of nitrogens with one attached hydrogen (secondary N) is 1. The van der Waals surface area contributed by atoms with Crippen molar-refractivity contribution in [3.05, 3.63) is 35.2 Å². The number of nitrogens with two attached hydrogens (primary N) is 1. The number of aliphatic hydroxyl groups excluding tert-OH is 1. The zero-order valence-electron chi connectivity index (χ0n) is 32.7. The summed E-state index contributed by atoms with van der Waals surface area (Å²) in [4.78, 5) is 14.4. The Morgan fingerprint density at radius 2 is 1.77 bits per heavy atom. The van der Waals surface area contributed by atoms with Gasteiger partial charge in [0.2, 0.25) is 0 Å². The molecule has 0 aromatic carbocycles. The number of hydrogen-bond donors (Lipinski definition) is 5. The van der Waals surface area contributed by atoms with Crippen LogP contribution in [-0.2, 0) is 14.3 Å². The third-order valence-corrected chi connectivity index (χ3v) is 17.2. The summed E-state index contributed by atoms with van der Waals surface area (Å²) in [5, 5.41) is 39.8. The minimum absolute atomic E-state index is 0.0307. The van der Waals surface area contributed by atoms with Gasteiger partial charge in [0, 0.05) is 24.5 Å². The normalized spacial score (nSPS) is 46.4. The van der Waals surface area contributed by atoms with E-state index in [0.29, 0.717) is 37.1 Å². The zero-order valence-corrected chi connectivity index (χ0v) is 32.7. The monoisotopic (exact) mass is 721 g/mol. The van der Waals surface area contributed by atoms with E-state index >= 15 is 0 Å². The Kier molecular flexibility index (Phi) is 9.26. The fraction of sp³-hybridized carbons (Fsp3) is 0.841. The van der Waals surface area contributed by atoms with Gasteiger partial charge in [-0.25, -0.2) is 0 Å². The molecule has 0 bridgehead atoms. The second-order valence-corrected chi connectivity index (χ2v) is 20.1. The Hall–Kier alpha value is -1.71. The Balaban J connectivity index is 1.10. The summed E-state index contributed by atoms with van der Waals surface area (Å²) < 4.78 is 13.8. The second kappa shape index (κ2) is 12.9. The van der Waals surface area contributed by atoms with Gasteiger partial charge in [-0.3, -0.25) is 4.79 Å². The number of allylic oxidation sites excluding steroid dienone is 3. The van der Waals surface area contributed by atoms with Crippen LogP contribution in [0.5, 0.6) is 0 Å². The van der Waals surface area contributed by atoms with Crippen molar-refractivity contribution in [3.63, 3.8) is 0 Å². The van der Waals surface area contributed by atoms with E-state index < -0.39 is 33.7 Å². The highest BCUT2D eigenvalue weighted by atomic mass is 16.6. The number of epoxide rings is 1. The number of fused-ring (bicyclic) bond motifs is 5. The minimum Gasteiger partial charge on any atom is -0.393 e. The number of ether oxygens (including phenoxy) is 2. The van der Waals surface area contributed by atoms with Gasteiger partial charge in [0.05, 0.1) is 23.1 Å². The molecule has 0 unspecified atom stereocenters. The molecule has 2 saturated heterocycles. The first-order chi connectivity index (χ1) is 24.6. The molecule has 0 amide bonds. The summed E-state index contributed by atoms with van der Waals surface area (Å²) >= 11 is 0. The minimum atomic E-state index is -1.10. The predicted molar refractivity (Wildman–Crippen MR) is 202 cm³/mol. The Bertz CT molecular complexity index is 1510. The Morgan fingerprint density at radius 3 is 2.50 bits per heavy atom. The topological polar surface area (TPSA) is 138 Å². The number of dihydropyridines is 1. The number of ketones is 1. The van der Waals surface area contributed by atoms with E-state index in [9.17, 15) is 20.1 Å². The molecule has 8 aliphatic rings. The van der Waals surface area contributed by atoms with E-state index in [1.54, 1.807) is 0 Å². The van der Waals surface area contributed by atoms with Crippen molar-refractivity contribution in [1.82, 2.24) is 5.32 Å². The maximum atomic E-state index is 14.4. The smallest absolute Gasteiger partial charge is 0.159 e. The molecular formula is C44H68N2O6. The molecule has 8 rings (SSSR count). The van der Waals surface area contributed by atoms with Gasteiger partial charge in [-0.15, -0.1) is 0 Å². The largest absolute Gasteiger partial charge is 0.393 e. The first kappa shape index (κ1) is 37.2. The van der Waals surface area contributed by atoms with Crippen molar-refractivity contribution in [2.75, 3.05) is 13.2 Å². The molecule has 8 heteroatoms. The van der Waals surface area contributed by atoms with Gasteiger partial charge >= 0.3 is 0 Å². The van der Waals surface area contributed by atoms with Crippen molar-refractivity contribution >= 4 is 5.78 Å². The first-order valence-corrected chi connectivity index (χ1v) is 21.2. The Labute approximate surface area is 312 Å². The van der Waals surface area contributed by atoms with Crippen LogP contribution in [0, 0.1) is 45.8 Å². The van der Waals surface area contributed by atoms with E-state index in [1.165, 1.54) is 24.8 Å². The standard InChI is InChI=1S/C44H68N2O6/c1-27-16-22-51-43(26-27,38-37(52-38)41(5,49)39(2,3)17-11-28-15-21-46-36(45)23-28)35-14-20-44(50)32-25-34(48)33-24-30(47)12-19-42(33,29-9-7-6-8-10-29)31(32)13-18-40(35,44)4/h15,23,25,27,29-31,33,35,37-38,46-47,49-50H,6-14,16-22,24,26,45H2,1-5H3/t27-,30+,31+,33+,35+,37+,38+,40-,41+,42+,43-,44-/m1/s1. The van der Waals surface area contributed by atoms with Crippen LogP contribution < -0.4 is 11.1 Å². The van der Waals surface area contributed by atoms with Crippen molar-refractivity contribution in [1.29, 1.82) is 0 Å². The molecule has 4 saturated carbocycles. The van der Waals surface area contributed by atoms with Gasteiger partial charge in [0.25, 0.3) is 0 Å². The van der Waals surface area contributed by atoms with E-state index in [0.717, 1.165) is 82.7 Å². The van der Waals surface area contributed by atoms with E-state index in [2.05, 4.69) is 39.1 Å². The third-order valence-electron chi connectivity index (χ3n) is 17.2. The van der Waals surface area contributed by atoms with Crippen LogP contribution >= 0.6 is 0 Å². The van der Waals surface area contributed by atoms with Crippen LogP contribution in [0.4, 0.5) is 0 Å². The number of rotatable bonds is 8. The second-order valence-electron chi connectivity index (χ2n) is 20.1. The van der Waals surface area contributed by atoms with Gasteiger partial charge in [0.15, 0.2) is 5.78 Å². The predicted octanol–water partition coefficient (Wildman–Crippen LogP) is 6.62. The average molecular weight is 721 g/mol. The lowest BCUT2D eigenvalue weighted by Gasteiger charge is -2.64. The van der Waals surface area contributed by atoms with E-state index in [1.807, 2.05) is 19.1 Å². The highest BCUT2D eigenvalue weighted by Crippen LogP contribution is 2.72. The lowest BCUT2D eigenvalue weighted by molar-refractivity contribution is -0.197. The van der Waals surface area contributed by atoms with Gasteiger partial charge in [-0.1, -0.05) is 53.0 Å². The number of carbonyl (C=O) groups excluding carboxylic acids is 1. The zero-order chi connectivity index (χ0) is 36.9. The van der Waals surface area contributed by atoms with Crippen LogP contribution in [0.15, 0.2) is 35.2 Å². The molecule has 12 atom stereocenters. The first-order valence-electron chi connectivity index (χ1n) is 21.2. The summed E-state index contributed by atoms with van der Waals surface area (Å²) in [6, 6.07) is 0. The maximum absolute atomic E-state index is 14.4. The molecule has 0 radical (unpaired) electrons. The van der Waals surface area contributed by atoms with Crippen molar-refractivity contribution in [2.45, 2.75) is 172 Å². The molecule has 0 aromatic heterocycles. The maximum Gasteiger partial charge on any atom is 0.159 e.